The van der Waals surface area contributed by atoms with E-state index in [1.807, 2.05) is 0 Å². The van der Waals surface area contributed by atoms with Gasteiger partial charge in [-0.2, -0.15) is 35.5 Å². The summed E-state index contributed by atoms with van der Waals surface area (Å²) in [7, 11) is 1.50. The highest BCUT2D eigenvalue weighted by Crippen LogP contribution is 2.41. The molecule has 1 atom stereocenters. The summed E-state index contributed by atoms with van der Waals surface area (Å²) in [4.78, 5) is 8.86. The molecule has 0 amide bonds. The van der Waals surface area contributed by atoms with Crippen LogP contribution in [0, 0.1) is 23.7 Å². The van der Waals surface area contributed by atoms with Gasteiger partial charge in [-0.1, -0.05) is 11.2 Å². The van der Waals surface area contributed by atoms with Crippen molar-refractivity contribution >= 4 is 11.8 Å². The van der Waals surface area contributed by atoms with Gasteiger partial charge in [0.1, 0.15) is 5.82 Å². The summed E-state index contributed by atoms with van der Waals surface area (Å²) in [6.45, 7) is 1.17. The third-order valence-corrected chi connectivity index (χ3v) is 7.09. The molecule has 2 saturated carbocycles. The number of aryl methyl sites for hydroxylation is 1. The van der Waals surface area contributed by atoms with Gasteiger partial charge in [0.25, 0.3) is 5.95 Å². The summed E-state index contributed by atoms with van der Waals surface area (Å²) in [5.41, 5.74) is -2.02. The number of nitrogens with zero attached hydrogens (tertiary/aromatic N) is 7. The first kappa shape index (κ1) is 27.4. The Kier molecular flexibility index (Phi) is 7.31. The van der Waals surface area contributed by atoms with E-state index in [0.717, 1.165) is 36.6 Å². The standard InChI is InChI=1S/C25H28F7N7/c1-37-35-23(34-36-37)39(13-17-8-19(24(27,28)29)10-20(9-17)25(30,31)32)14-18-6-7-21(26)33-22(18)38(11-15-2-3-15)12-16-4-5-16/h6-8,10,15-17H,2-5,9,11-14H2,1H3. The number of alkyl halides is 6. The van der Waals surface area contributed by atoms with Gasteiger partial charge in [0.05, 0.1) is 12.6 Å². The number of aromatic nitrogens is 5. The van der Waals surface area contributed by atoms with Crippen molar-refractivity contribution in [2.24, 2.45) is 24.8 Å². The van der Waals surface area contributed by atoms with E-state index < -0.39 is 41.8 Å². The van der Waals surface area contributed by atoms with Gasteiger partial charge in [0, 0.05) is 37.3 Å². The Morgan fingerprint density at radius 2 is 1.59 bits per heavy atom. The van der Waals surface area contributed by atoms with Crippen molar-refractivity contribution < 1.29 is 30.7 Å². The highest BCUT2D eigenvalue weighted by Gasteiger charge is 2.42. The third-order valence-electron chi connectivity index (χ3n) is 7.09. The summed E-state index contributed by atoms with van der Waals surface area (Å²) < 4.78 is 95.4. The van der Waals surface area contributed by atoms with Crippen LogP contribution in [0.1, 0.15) is 37.7 Å². The summed E-state index contributed by atoms with van der Waals surface area (Å²) in [5.74, 6) is -0.375. The monoisotopic (exact) mass is 559 g/mol. The van der Waals surface area contributed by atoms with Crippen molar-refractivity contribution in [3.05, 3.63) is 46.9 Å². The fraction of sp³-hybridized carbons (Fsp3) is 0.600. The highest BCUT2D eigenvalue weighted by molar-refractivity contribution is 5.50. The molecule has 0 N–H and O–H groups in total. The first-order valence-electron chi connectivity index (χ1n) is 12.8. The van der Waals surface area contributed by atoms with Gasteiger partial charge in [-0.15, -0.1) is 5.10 Å². The smallest absolute Gasteiger partial charge is 0.356 e. The number of pyridine rings is 1. The molecule has 5 rings (SSSR count). The Balaban J connectivity index is 1.46. The molecule has 0 aliphatic heterocycles. The SMILES string of the molecule is Cn1nnc(N(Cc2ccc(F)nc2N(CC2CC2)CC2CC2)CC2C=C(C(F)(F)F)C=C(C(F)(F)F)C2)n1. The van der Waals surface area contributed by atoms with Crippen LogP contribution in [0.2, 0.25) is 0 Å². The van der Waals surface area contributed by atoms with Crippen LogP contribution < -0.4 is 9.80 Å². The number of hydrogen-bond donors (Lipinski definition) is 0. The van der Waals surface area contributed by atoms with E-state index in [1.54, 1.807) is 6.07 Å². The summed E-state index contributed by atoms with van der Waals surface area (Å²) >= 11 is 0. The number of hydrogen-bond acceptors (Lipinski definition) is 6. The molecule has 2 fully saturated rings. The minimum absolute atomic E-state index is 0.00308. The maximum Gasteiger partial charge on any atom is 0.416 e. The van der Waals surface area contributed by atoms with Gasteiger partial charge in [-0.05, 0) is 73.3 Å². The van der Waals surface area contributed by atoms with E-state index in [4.69, 9.17) is 0 Å². The molecule has 212 valence electrons. The van der Waals surface area contributed by atoms with Crippen LogP contribution in [0.15, 0.2) is 35.4 Å². The predicted molar refractivity (Wildman–Crippen MR) is 128 cm³/mol. The third kappa shape index (κ3) is 7.07. The number of anilines is 2. The van der Waals surface area contributed by atoms with Crippen LogP contribution in [0.25, 0.3) is 0 Å². The van der Waals surface area contributed by atoms with Gasteiger partial charge in [0.2, 0.25) is 5.95 Å². The lowest BCUT2D eigenvalue weighted by Gasteiger charge is -2.31. The van der Waals surface area contributed by atoms with Crippen LogP contribution in [0.3, 0.4) is 0 Å². The van der Waals surface area contributed by atoms with Crippen molar-refractivity contribution in [2.75, 3.05) is 29.4 Å². The highest BCUT2D eigenvalue weighted by atomic mass is 19.4. The van der Waals surface area contributed by atoms with E-state index in [-0.39, 0.29) is 25.1 Å². The lowest BCUT2D eigenvalue weighted by atomic mass is 9.89. The average molecular weight is 560 g/mol. The maximum absolute atomic E-state index is 14.3. The molecule has 0 bridgehead atoms. The second kappa shape index (κ2) is 10.4. The van der Waals surface area contributed by atoms with Crippen molar-refractivity contribution in [1.82, 2.24) is 25.2 Å². The first-order valence-corrected chi connectivity index (χ1v) is 12.8. The summed E-state index contributed by atoms with van der Waals surface area (Å²) in [5, 5.41) is 11.9. The van der Waals surface area contributed by atoms with Crippen LogP contribution in [0.5, 0.6) is 0 Å². The molecule has 0 radical (unpaired) electrons. The Hall–Kier alpha value is -3.19. The van der Waals surface area contributed by atoms with Gasteiger partial charge in [-0.25, -0.2) is 4.98 Å². The van der Waals surface area contributed by atoms with E-state index in [2.05, 4.69) is 25.3 Å². The van der Waals surface area contributed by atoms with Gasteiger partial charge in [0.15, 0.2) is 0 Å². The average Bonchev–Trinajstić information content (AvgIpc) is 3.79. The summed E-state index contributed by atoms with van der Waals surface area (Å²) in [6.07, 6.45) is -5.20. The zero-order valence-corrected chi connectivity index (χ0v) is 21.2. The van der Waals surface area contributed by atoms with E-state index in [0.29, 0.717) is 36.3 Å². The van der Waals surface area contributed by atoms with Crippen molar-refractivity contribution in [3.8, 4) is 0 Å². The Labute approximate surface area is 220 Å². The van der Waals surface area contributed by atoms with E-state index in [9.17, 15) is 30.7 Å². The first-order chi connectivity index (χ1) is 18.3. The predicted octanol–water partition coefficient (Wildman–Crippen LogP) is 5.37. The number of halogens is 7. The zero-order valence-electron chi connectivity index (χ0n) is 21.2. The zero-order chi connectivity index (χ0) is 27.9. The molecule has 0 saturated heterocycles. The van der Waals surface area contributed by atoms with Crippen LogP contribution in [-0.4, -0.2) is 57.2 Å². The number of rotatable bonds is 10. The van der Waals surface area contributed by atoms with Gasteiger partial charge < -0.3 is 9.80 Å². The second-order valence-electron chi connectivity index (χ2n) is 10.6. The van der Waals surface area contributed by atoms with Crippen molar-refractivity contribution in [3.63, 3.8) is 0 Å². The molecule has 3 aliphatic rings. The van der Waals surface area contributed by atoms with Gasteiger partial charge >= 0.3 is 12.4 Å². The van der Waals surface area contributed by atoms with Crippen LogP contribution in [0.4, 0.5) is 42.5 Å². The topological polar surface area (TPSA) is 63.0 Å². The number of allylic oxidation sites excluding steroid dienone is 3. The second-order valence-corrected chi connectivity index (χ2v) is 10.6. The van der Waals surface area contributed by atoms with Crippen molar-refractivity contribution in [2.45, 2.75) is 51.0 Å². The molecular weight excluding hydrogens is 531 g/mol. The molecule has 1 unspecified atom stereocenters. The molecule has 39 heavy (non-hydrogen) atoms. The molecule has 2 aromatic heterocycles. The molecule has 14 heteroatoms. The Morgan fingerprint density at radius 1 is 0.923 bits per heavy atom. The molecule has 2 aromatic rings. The summed E-state index contributed by atoms with van der Waals surface area (Å²) in [6, 6.07) is 2.74. The Bertz CT molecular complexity index is 1230. The van der Waals surface area contributed by atoms with Crippen molar-refractivity contribution in [1.29, 1.82) is 0 Å². The van der Waals surface area contributed by atoms with Crippen LogP contribution in [-0.2, 0) is 13.6 Å². The number of tetrazole rings is 1. The lowest BCUT2D eigenvalue weighted by molar-refractivity contribution is -0.0999. The van der Waals surface area contributed by atoms with E-state index >= 15 is 0 Å². The minimum atomic E-state index is -4.94. The van der Waals surface area contributed by atoms with Crippen LogP contribution >= 0.6 is 0 Å². The fourth-order valence-electron chi connectivity index (χ4n) is 4.81. The maximum atomic E-state index is 14.3. The Morgan fingerprint density at radius 3 is 2.13 bits per heavy atom. The molecule has 7 nitrogen and oxygen atoms in total. The molecule has 0 spiro atoms. The molecule has 0 aromatic carbocycles. The lowest BCUT2D eigenvalue weighted by Crippen LogP contribution is -2.35. The molecular formula is C25H28F7N7. The molecule has 3 aliphatic carbocycles. The fourth-order valence-corrected chi connectivity index (χ4v) is 4.81. The quantitative estimate of drug-likeness (QED) is 0.288. The molecule has 2 heterocycles. The van der Waals surface area contributed by atoms with E-state index in [1.165, 1.54) is 18.0 Å². The van der Waals surface area contributed by atoms with Gasteiger partial charge in [-0.3, -0.25) is 0 Å². The normalized spacial score (nSPS) is 20.1. The minimum Gasteiger partial charge on any atom is -0.356 e. The largest absolute Gasteiger partial charge is 0.416 e.